The Labute approximate surface area is 120 Å². The summed E-state index contributed by atoms with van der Waals surface area (Å²) in [6, 6.07) is 5.80. The molecule has 4 nitrogen and oxygen atoms in total. The highest BCUT2D eigenvalue weighted by atomic mass is 16.5. The third-order valence-corrected chi connectivity index (χ3v) is 3.31. The van der Waals surface area contributed by atoms with Gasteiger partial charge in [-0.05, 0) is 24.5 Å². The molecule has 0 fully saturated rings. The molecule has 2 rings (SSSR count). The van der Waals surface area contributed by atoms with Crippen LogP contribution in [-0.2, 0) is 6.54 Å². The van der Waals surface area contributed by atoms with Gasteiger partial charge in [-0.3, -0.25) is 4.98 Å². The first kappa shape index (κ1) is 14.6. The zero-order valence-corrected chi connectivity index (χ0v) is 12.5. The lowest BCUT2D eigenvalue weighted by atomic mass is 10.0. The van der Waals surface area contributed by atoms with Gasteiger partial charge in [0.25, 0.3) is 0 Å². The Balaban J connectivity index is 2.16. The van der Waals surface area contributed by atoms with E-state index in [4.69, 9.17) is 4.74 Å². The fourth-order valence-electron chi connectivity index (χ4n) is 2.21. The number of hydrogen-bond donors (Lipinski definition) is 1. The number of methoxy groups -OCH3 is 1. The minimum Gasteiger partial charge on any atom is -0.497 e. The van der Waals surface area contributed by atoms with E-state index in [0.29, 0.717) is 6.54 Å². The summed E-state index contributed by atoms with van der Waals surface area (Å²) in [7, 11) is 1.66. The lowest BCUT2D eigenvalue weighted by Crippen LogP contribution is -2.05. The van der Waals surface area contributed by atoms with Gasteiger partial charge in [0.2, 0.25) is 0 Å². The van der Waals surface area contributed by atoms with Crippen LogP contribution in [-0.4, -0.2) is 21.8 Å². The molecule has 2 aromatic heterocycles. The third kappa shape index (κ3) is 3.39. The van der Waals surface area contributed by atoms with Crippen LogP contribution in [0.3, 0.4) is 0 Å². The molecule has 0 amide bonds. The van der Waals surface area contributed by atoms with Crippen LogP contribution in [0, 0.1) is 12.8 Å². The molecule has 20 heavy (non-hydrogen) atoms. The van der Waals surface area contributed by atoms with Crippen molar-refractivity contribution in [1.29, 1.82) is 0 Å². The first-order valence-electron chi connectivity index (χ1n) is 6.85. The Bertz CT molecular complexity index is 576. The molecule has 0 aliphatic carbocycles. The van der Waals surface area contributed by atoms with Gasteiger partial charge in [-0.25, -0.2) is 0 Å². The van der Waals surface area contributed by atoms with Crippen molar-refractivity contribution in [2.24, 2.45) is 5.92 Å². The van der Waals surface area contributed by atoms with Crippen LogP contribution in [0.15, 0.2) is 30.6 Å². The highest BCUT2D eigenvalue weighted by molar-refractivity contribution is 5.27. The number of ether oxygens (including phenoxy) is 1. The zero-order valence-electron chi connectivity index (χ0n) is 12.5. The number of hydrogen-bond acceptors (Lipinski definition) is 3. The van der Waals surface area contributed by atoms with E-state index >= 15 is 0 Å². The molecule has 0 saturated carbocycles. The van der Waals surface area contributed by atoms with Crippen molar-refractivity contribution in [2.45, 2.75) is 33.4 Å². The van der Waals surface area contributed by atoms with Crippen LogP contribution in [0.2, 0.25) is 0 Å². The van der Waals surface area contributed by atoms with Crippen LogP contribution in [0.1, 0.15) is 36.9 Å². The summed E-state index contributed by atoms with van der Waals surface area (Å²) in [5, 5.41) is 10.1. The Morgan fingerprint density at radius 1 is 1.35 bits per heavy atom. The van der Waals surface area contributed by atoms with Crippen molar-refractivity contribution in [3.8, 4) is 5.75 Å². The summed E-state index contributed by atoms with van der Waals surface area (Å²) in [6.45, 7) is 6.64. The number of aliphatic hydroxyl groups excluding tert-OH is 1. The Morgan fingerprint density at radius 3 is 2.75 bits per heavy atom. The van der Waals surface area contributed by atoms with Gasteiger partial charge in [0.1, 0.15) is 5.75 Å². The highest BCUT2D eigenvalue weighted by Crippen LogP contribution is 2.22. The molecule has 0 aliphatic heterocycles. The van der Waals surface area contributed by atoms with Gasteiger partial charge in [-0.2, -0.15) is 0 Å². The molecule has 0 bridgehead atoms. The number of aromatic nitrogens is 2. The van der Waals surface area contributed by atoms with E-state index in [0.717, 1.165) is 22.7 Å². The first-order valence-corrected chi connectivity index (χ1v) is 6.85. The van der Waals surface area contributed by atoms with E-state index in [2.05, 4.69) is 4.98 Å². The van der Waals surface area contributed by atoms with E-state index in [1.54, 1.807) is 7.11 Å². The van der Waals surface area contributed by atoms with E-state index in [1.165, 1.54) is 0 Å². The first-order chi connectivity index (χ1) is 9.49. The average Bonchev–Trinajstić information content (AvgIpc) is 2.85. The number of pyridine rings is 1. The lowest BCUT2D eigenvalue weighted by molar-refractivity contribution is 0.127. The standard InChI is InChI=1S/C16H22N2O2/c1-11(2)16(19)13-5-6-18(9-13)10-14-8-15(20-4)7-12(3)17-14/h5-9,11,16,19H,10H2,1-4H3. The SMILES string of the molecule is COc1cc(C)nc(Cn2ccc(C(O)C(C)C)c2)c1. The van der Waals surface area contributed by atoms with Crippen LogP contribution in [0.5, 0.6) is 5.75 Å². The summed E-state index contributed by atoms with van der Waals surface area (Å²) in [5.74, 6) is 1.03. The predicted octanol–water partition coefficient (Wildman–Crippen LogP) is 2.94. The summed E-state index contributed by atoms with van der Waals surface area (Å²) in [6.07, 6.45) is 3.52. The fourth-order valence-corrected chi connectivity index (χ4v) is 2.21. The Kier molecular flexibility index (Phi) is 4.45. The molecular weight excluding hydrogens is 252 g/mol. The van der Waals surface area contributed by atoms with Gasteiger partial charge in [0.05, 0.1) is 25.5 Å². The van der Waals surface area contributed by atoms with Gasteiger partial charge in [-0.15, -0.1) is 0 Å². The smallest absolute Gasteiger partial charge is 0.122 e. The molecule has 1 unspecified atom stereocenters. The normalized spacial score (nSPS) is 12.7. The number of rotatable bonds is 5. The molecule has 1 N–H and O–H groups in total. The summed E-state index contributed by atoms with van der Waals surface area (Å²) in [5.41, 5.74) is 2.83. The van der Waals surface area contributed by atoms with Crippen molar-refractivity contribution in [3.05, 3.63) is 47.5 Å². The van der Waals surface area contributed by atoms with E-state index in [9.17, 15) is 5.11 Å². The highest BCUT2D eigenvalue weighted by Gasteiger charge is 2.13. The molecule has 1 atom stereocenters. The van der Waals surface area contributed by atoms with Crippen molar-refractivity contribution in [1.82, 2.24) is 9.55 Å². The van der Waals surface area contributed by atoms with Gasteiger partial charge >= 0.3 is 0 Å². The topological polar surface area (TPSA) is 47.3 Å². The Hall–Kier alpha value is -1.81. The van der Waals surface area contributed by atoms with Crippen LogP contribution in [0.4, 0.5) is 0 Å². The monoisotopic (exact) mass is 274 g/mol. The number of nitrogens with zero attached hydrogens (tertiary/aromatic N) is 2. The largest absolute Gasteiger partial charge is 0.497 e. The maximum atomic E-state index is 10.1. The van der Waals surface area contributed by atoms with Crippen molar-refractivity contribution >= 4 is 0 Å². The van der Waals surface area contributed by atoms with Crippen molar-refractivity contribution in [2.75, 3.05) is 7.11 Å². The minimum atomic E-state index is -0.420. The van der Waals surface area contributed by atoms with Crippen LogP contribution < -0.4 is 4.74 Å². The summed E-state index contributed by atoms with van der Waals surface area (Å²) in [4.78, 5) is 4.50. The van der Waals surface area contributed by atoms with Crippen LogP contribution in [0.25, 0.3) is 0 Å². The maximum Gasteiger partial charge on any atom is 0.122 e. The second-order valence-corrected chi connectivity index (χ2v) is 5.45. The molecular formula is C16H22N2O2. The second kappa shape index (κ2) is 6.09. The molecule has 0 radical (unpaired) electrons. The Morgan fingerprint density at radius 2 is 2.10 bits per heavy atom. The van der Waals surface area contributed by atoms with Crippen molar-refractivity contribution < 1.29 is 9.84 Å². The lowest BCUT2D eigenvalue weighted by Gasteiger charge is -2.12. The maximum absolute atomic E-state index is 10.1. The molecule has 108 valence electrons. The third-order valence-electron chi connectivity index (χ3n) is 3.31. The summed E-state index contributed by atoms with van der Waals surface area (Å²) < 4.78 is 7.29. The summed E-state index contributed by atoms with van der Waals surface area (Å²) >= 11 is 0. The molecule has 0 aliphatic rings. The minimum absolute atomic E-state index is 0.211. The fraction of sp³-hybridized carbons (Fsp3) is 0.438. The predicted molar refractivity (Wildman–Crippen MR) is 78.9 cm³/mol. The molecule has 4 heteroatoms. The molecule has 0 spiro atoms. The van der Waals surface area contributed by atoms with Gasteiger partial charge in [-0.1, -0.05) is 13.8 Å². The quantitative estimate of drug-likeness (QED) is 0.912. The average molecular weight is 274 g/mol. The molecule has 0 saturated heterocycles. The zero-order chi connectivity index (χ0) is 14.7. The molecule has 2 heterocycles. The number of aliphatic hydroxyl groups is 1. The van der Waals surface area contributed by atoms with E-state index < -0.39 is 6.10 Å². The van der Waals surface area contributed by atoms with Crippen LogP contribution >= 0.6 is 0 Å². The molecule has 0 aromatic carbocycles. The number of aryl methyl sites for hydroxylation is 1. The van der Waals surface area contributed by atoms with Gasteiger partial charge in [0.15, 0.2) is 0 Å². The van der Waals surface area contributed by atoms with Crippen molar-refractivity contribution in [3.63, 3.8) is 0 Å². The van der Waals surface area contributed by atoms with E-state index in [1.807, 2.05) is 55.9 Å². The van der Waals surface area contributed by atoms with Gasteiger partial charge in [0, 0.05) is 30.2 Å². The van der Waals surface area contributed by atoms with Gasteiger partial charge < -0.3 is 14.4 Å². The second-order valence-electron chi connectivity index (χ2n) is 5.45. The van der Waals surface area contributed by atoms with E-state index in [-0.39, 0.29) is 5.92 Å². The molecule has 2 aromatic rings.